The SMILES string of the molecule is CCOC(=O)C1=C(C)N(C)C(=S)N[C@@H]1c1cccc(Cl)c1Cl. The average Bonchev–Trinajstić information content (AvgIpc) is 2.47. The number of nitrogens with zero attached hydrogens (tertiary/aromatic N) is 1. The van der Waals surface area contributed by atoms with E-state index in [1.165, 1.54) is 0 Å². The lowest BCUT2D eigenvalue weighted by Gasteiger charge is -2.35. The highest BCUT2D eigenvalue weighted by Gasteiger charge is 2.34. The number of thiocarbonyl (C=S) groups is 1. The topological polar surface area (TPSA) is 41.6 Å². The molecule has 1 heterocycles. The van der Waals surface area contributed by atoms with Crippen molar-refractivity contribution in [3.63, 3.8) is 0 Å². The Morgan fingerprint density at radius 3 is 2.77 bits per heavy atom. The van der Waals surface area contributed by atoms with E-state index in [1.807, 2.05) is 13.0 Å². The number of rotatable bonds is 3. The fourth-order valence-corrected chi connectivity index (χ4v) is 2.96. The van der Waals surface area contributed by atoms with Gasteiger partial charge >= 0.3 is 5.97 Å². The van der Waals surface area contributed by atoms with Crippen LogP contribution in [0.1, 0.15) is 25.5 Å². The first-order valence-electron chi connectivity index (χ1n) is 6.74. The monoisotopic (exact) mass is 358 g/mol. The van der Waals surface area contributed by atoms with E-state index in [0.29, 0.717) is 32.9 Å². The zero-order valence-electron chi connectivity index (χ0n) is 12.4. The zero-order valence-corrected chi connectivity index (χ0v) is 14.8. The Morgan fingerprint density at radius 2 is 2.14 bits per heavy atom. The molecule has 0 saturated heterocycles. The van der Waals surface area contributed by atoms with Gasteiger partial charge in [0, 0.05) is 12.7 Å². The highest BCUT2D eigenvalue weighted by Crippen LogP contribution is 2.37. The molecule has 0 spiro atoms. The van der Waals surface area contributed by atoms with Gasteiger partial charge in [0.05, 0.1) is 28.3 Å². The summed E-state index contributed by atoms with van der Waals surface area (Å²) in [7, 11) is 1.79. The van der Waals surface area contributed by atoms with E-state index in [-0.39, 0.29) is 0 Å². The lowest BCUT2D eigenvalue weighted by atomic mass is 9.95. The molecule has 118 valence electrons. The minimum atomic E-state index is -0.492. The van der Waals surface area contributed by atoms with E-state index in [1.54, 1.807) is 31.0 Å². The Labute approximate surface area is 145 Å². The average molecular weight is 359 g/mol. The number of carbonyl (C=O) groups is 1. The molecule has 0 aromatic heterocycles. The largest absolute Gasteiger partial charge is 0.463 e. The van der Waals surface area contributed by atoms with E-state index in [9.17, 15) is 4.79 Å². The summed E-state index contributed by atoms with van der Waals surface area (Å²) in [6, 6.07) is 4.80. The van der Waals surface area contributed by atoms with Crippen molar-refractivity contribution >= 4 is 46.5 Å². The van der Waals surface area contributed by atoms with Crippen molar-refractivity contribution in [3.8, 4) is 0 Å². The van der Waals surface area contributed by atoms with Crippen LogP contribution in [0, 0.1) is 0 Å². The molecule has 1 aliphatic rings. The van der Waals surface area contributed by atoms with E-state index >= 15 is 0 Å². The summed E-state index contributed by atoms with van der Waals surface area (Å²) in [5.41, 5.74) is 1.89. The summed E-state index contributed by atoms with van der Waals surface area (Å²) in [6.45, 7) is 3.88. The van der Waals surface area contributed by atoms with Crippen LogP contribution < -0.4 is 5.32 Å². The van der Waals surface area contributed by atoms with Gasteiger partial charge < -0.3 is 15.0 Å². The molecule has 1 aromatic rings. The van der Waals surface area contributed by atoms with Crippen LogP contribution in [0.4, 0.5) is 0 Å². The minimum absolute atomic E-state index is 0.291. The fourth-order valence-electron chi connectivity index (χ4n) is 2.29. The number of hydrogen-bond donors (Lipinski definition) is 1. The van der Waals surface area contributed by atoms with Gasteiger partial charge in [0.25, 0.3) is 0 Å². The smallest absolute Gasteiger partial charge is 0.338 e. The fraction of sp³-hybridized carbons (Fsp3) is 0.333. The first-order valence-corrected chi connectivity index (χ1v) is 7.90. The normalized spacial score (nSPS) is 18.3. The van der Waals surface area contributed by atoms with Crippen molar-refractivity contribution in [1.29, 1.82) is 0 Å². The van der Waals surface area contributed by atoms with Crippen molar-refractivity contribution in [2.75, 3.05) is 13.7 Å². The predicted octanol–water partition coefficient (Wildman–Crippen LogP) is 3.69. The molecule has 1 atom stereocenters. The molecule has 0 fully saturated rings. The van der Waals surface area contributed by atoms with Gasteiger partial charge in [0.1, 0.15) is 0 Å². The van der Waals surface area contributed by atoms with Gasteiger partial charge in [-0.25, -0.2) is 4.79 Å². The number of esters is 1. The number of halogens is 2. The van der Waals surface area contributed by atoms with E-state index < -0.39 is 12.0 Å². The zero-order chi connectivity index (χ0) is 16.4. The van der Waals surface area contributed by atoms with Gasteiger partial charge in [0.15, 0.2) is 5.11 Å². The minimum Gasteiger partial charge on any atom is -0.463 e. The van der Waals surface area contributed by atoms with Crippen LogP contribution in [0.15, 0.2) is 29.5 Å². The molecule has 0 amide bonds. The molecular formula is C15H16Cl2N2O2S. The number of hydrogen-bond acceptors (Lipinski definition) is 3. The van der Waals surface area contributed by atoms with Crippen LogP contribution >= 0.6 is 35.4 Å². The summed E-state index contributed by atoms with van der Waals surface area (Å²) < 4.78 is 5.17. The van der Waals surface area contributed by atoms with Gasteiger partial charge in [-0.2, -0.15) is 0 Å². The Balaban J connectivity index is 2.58. The Bertz CT molecular complexity index is 661. The van der Waals surface area contributed by atoms with Crippen molar-refractivity contribution in [3.05, 3.63) is 45.1 Å². The molecule has 7 heteroatoms. The maximum absolute atomic E-state index is 12.4. The molecule has 2 rings (SSSR count). The van der Waals surface area contributed by atoms with Crippen LogP contribution in [0.2, 0.25) is 10.0 Å². The molecule has 1 aliphatic heterocycles. The lowest BCUT2D eigenvalue weighted by Crippen LogP contribution is -2.46. The van der Waals surface area contributed by atoms with Gasteiger partial charge in [-0.05, 0) is 37.7 Å². The molecule has 1 N–H and O–H groups in total. The van der Waals surface area contributed by atoms with Crippen LogP contribution in [0.5, 0.6) is 0 Å². The second-order valence-electron chi connectivity index (χ2n) is 4.80. The van der Waals surface area contributed by atoms with Crippen molar-refractivity contribution in [1.82, 2.24) is 10.2 Å². The van der Waals surface area contributed by atoms with Crippen LogP contribution in [-0.4, -0.2) is 29.6 Å². The van der Waals surface area contributed by atoms with E-state index in [4.69, 9.17) is 40.2 Å². The number of benzene rings is 1. The first kappa shape index (κ1) is 17.1. The van der Waals surface area contributed by atoms with Gasteiger partial charge in [-0.1, -0.05) is 35.3 Å². The highest BCUT2D eigenvalue weighted by molar-refractivity contribution is 7.80. The summed E-state index contributed by atoms with van der Waals surface area (Å²) >= 11 is 17.7. The van der Waals surface area contributed by atoms with Gasteiger partial charge in [-0.3, -0.25) is 0 Å². The molecular weight excluding hydrogens is 343 g/mol. The second kappa shape index (κ2) is 6.86. The first-order chi connectivity index (χ1) is 10.4. The molecule has 1 aromatic carbocycles. The lowest BCUT2D eigenvalue weighted by molar-refractivity contribution is -0.139. The molecule has 0 aliphatic carbocycles. The summed E-state index contributed by atoms with van der Waals surface area (Å²) in [4.78, 5) is 14.1. The Hall–Kier alpha value is -1.30. The van der Waals surface area contributed by atoms with E-state index in [2.05, 4.69) is 5.32 Å². The maximum atomic E-state index is 12.4. The number of carbonyl (C=O) groups excluding carboxylic acids is 1. The Morgan fingerprint density at radius 1 is 1.45 bits per heavy atom. The molecule has 0 bridgehead atoms. The predicted molar refractivity (Wildman–Crippen MR) is 92.0 cm³/mol. The summed E-state index contributed by atoms with van der Waals surface area (Å²) in [5.74, 6) is -0.400. The molecule has 4 nitrogen and oxygen atoms in total. The molecule has 22 heavy (non-hydrogen) atoms. The third-order valence-electron chi connectivity index (χ3n) is 3.54. The van der Waals surface area contributed by atoms with Gasteiger partial charge in [-0.15, -0.1) is 0 Å². The number of allylic oxidation sites excluding steroid dienone is 1. The standard InChI is InChI=1S/C15H16Cl2N2O2S/c1-4-21-14(20)11-8(2)19(3)15(22)18-13(11)9-6-5-7-10(16)12(9)17/h5-7,13H,4H2,1-3H3,(H,18,22)/t13-/m1/s1. The van der Waals surface area contributed by atoms with Crippen LogP contribution in [-0.2, 0) is 9.53 Å². The van der Waals surface area contributed by atoms with Crippen molar-refractivity contribution in [2.45, 2.75) is 19.9 Å². The third kappa shape index (κ3) is 3.07. The van der Waals surface area contributed by atoms with Gasteiger partial charge in [0.2, 0.25) is 0 Å². The number of nitrogens with one attached hydrogen (secondary N) is 1. The molecule has 0 saturated carbocycles. The maximum Gasteiger partial charge on any atom is 0.338 e. The molecule has 0 unspecified atom stereocenters. The van der Waals surface area contributed by atoms with Crippen molar-refractivity contribution < 1.29 is 9.53 Å². The van der Waals surface area contributed by atoms with Crippen LogP contribution in [0.25, 0.3) is 0 Å². The highest BCUT2D eigenvalue weighted by atomic mass is 35.5. The van der Waals surface area contributed by atoms with Crippen LogP contribution in [0.3, 0.4) is 0 Å². The third-order valence-corrected chi connectivity index (χ3v) is 4.77. The van der Waals surface area contributed by atoms with Crippen molar-refractivity contribution in [2.24, 2.45) is 0 Å². The summed E-state index contributed by atoms with van der Waals surface area (Å²) in [5, 5.41) is 4.45. The molecule has 0 radical (unpaired) electrons. The quantitative estimate of drug-likeness (QED) is 0.659. The second-order valence-corrected chi connectivity index (χ2v) is 5.98. The number of ether oxygens (including phenoxy) is 1. The summed E-state index contributed by atoms with van der Waals surface area (Å²) in [6.07, 6.45) is 0. The Kier molecular flexibility index (Phi) is 5.32. The van der Waals surface area contributed by atoms with E-state index in [0.717, 1.165) is 5.70 Å².